The van der Waals surface area contributed by atoms with Gasteiger partial charge in [0, 0.05) is 6.42 Å². The van der Waals surface area contributed by atoms with Gasteiger partial charge in [-0.3, -0.25) is 4.79 Å². The van der Waals surface area contributed by atoms with Gasteiger partial charge in [0.2, 0.25) is 5.24 Å². The summed E-state index contributed by atoms with van der Waals surface area (Å²) in [6, 6.07) is 0. The molecule has 0 spiro atoms. The first-order valence-electron chi connectivity index (χ1n) is 7.45. The summed E-state index contributed by atoms with van der Waals surface area (Å²) in [4.78, 5) is 11.3. The van der Waals surface area contributed by atoms with Crippen LogP contribution in [0, 0.1) is 17.8 Å². The van der Waals surface area contributed by atoms with Crippen molar-refractivity contribution in [3.05, 3.63) is 0 Å². The number of halogens is 1. The van der Waals surface area contributed by atoms with Crippen LogP contribution < -0.4 is 0 Å². The highest BCUT2D eigenvalue weighted by atomic mass is 35.5. The molecule has 0 amide bonds. The Balaban J connectivity index is 1.97. The first-order valence-corrected chi connectivity index (χ1v) is 7.83. The lowest BCUT2D eigenvalue weighted by molar-refractivity contribution is -0.113. The van der Waals surface area contributed by atoms with Crippen LogP contribution in [0.4, 0.5) is 0 Å². The molecule has 17 heavy (non-hydrogen) atoms. The predicted molar refractivity (Wildman–Crippen MR) is 72.1 cm³/mol. The molecule has 98 valence electrons. The molecular formula is C15H25ClO. The SMILES string of the molecule is O=C(Cl)CC(C1CCCCC1)C1CCCCC1. The fraction of sp³-hybridized carbons (Fsp3) is 0.933. The number of carbonyl (C=O) groups is 1. The Kier molecular flexibility index (Phi) is 5.34. The summed E-state index contributed by atoms with van der Waals surface area (Å²) in [5, 5.41) is -0.105. The third-order valence-electron chi connectivity index (χ3n) is 4.91. The van der Waals surface area contributed by atoms with Crippen LogP contribution in [0.15, 0.2) is 0 Å². The Bertz CT molecular complexity index is 221. The highest BCUT2D eigenvalue weighted by Crippen LogP contribution is 2.41. The van der Waals surface area contributed by atoms with Crippen LogP contribution in [-0.4, -0.2) is 5.24 Å². The molecule has 0 N–H and O–H groups in total. The molecule has 2 heteroatoms. The summed E-state index contributed by atoms with van der Waals surface area (Å²) in [5.74, 6) is 2.17. The van der Waals surface area contributed by atoms with Crippen molar-refractivity contribution >= 4 is 16.8 Å². The molecule has 1 nitrogen and oxygen atoms in total. The van der Waals surface area contributed by atoms with Crippen molar-refractivity contribution in [2.75, 3.05) is 0 Å². The van der Waals surface area contributed by atoms with E-state index in [1.165, 1.54) is 64.2 Å². The van der Waals surface area contributed by atoms with Gasteiger partial charge in [-0.15, -0.1) is 0 Å². The molecule has 0 unspecified atom stereocenters. The summed E-state index contributed by atoms with van der Waals surface area (Å²) in [6.45, 7) is 0. The van der Waals surface area contributed by atoms with E-state index in [1.807, 2.05) is 0 Å². The molecule has 0 radical (unpaired) electrons. The van der Waals surface area contributed by atoms with Gasteiger partial charge in [0.1, 0.15) is 0 Å². The van der Waals surface area contributed by atoms with E-state index in [4.69, 9.17) is 11.6 Å². The van der Waals surface area contributed by atoms with Gasteiger partial charge in [-0.1, -0.05) is 64.2 Å². The number of hydrogen-bond donors (Lipinski definition) is 0. The molecule has 0 bridgehead atoms. The van der Waals surface area contributed by atoms with Crippen molar-refractivity contribution in [1.29, 1.82) is 0 Å². The van der Waals surface area contributed by atoms with Crippen molar-refractivity contribution in [1.82, 2.24) is 0 Å². The third kappa shape index (κ3) is 3.98. The van der Waals surface area contributed by atoms with Crippen LogP contribution in [-0.2, 0) is 4.79 Å². The number of carbonyl (C=O) groups excluding carboxylic acids is 1. The van der Waals surface area contributed by atoms with Gasteiger partial charge < -0.3 is 0 Å². The number of rotatable bonds is 4. The summed E-state index contributed by atoms with van der Waals surface area (Å²) in [7, 11) is 0. The molecule has 0 saturated heterocycles. The lowest BCUT2D eigenvalue weighted by Gasteiger charge is -2.37. The fourth-order valence-electron chi connectivity index (χ4n) is 4.03. The lowest BCUT2D eigenvalue weighted by Crippen LogP contribution is -2.28. The molecule has 2 aliphatic carbocycles. The van der Waals surface area contributed by atoms with Crippen molar-refractivity contribution in [2.24, 2.45) is 17.8 Å². The molecule has 0 heterocycles. The standard InChI is InChI=1S/C15H25ClO/c16-15(17)11-14(12-7-3-1-4-8-12)13-9-5-2-6-10-13/h12-14H,1-11H2. The molecule has 2 rings (SSSR count). The fourth-order valence-corrected chi connectivity index (χ4v) is 4.21. The quantitative estimate of drug-likeness (QED) is 0.653. The average molecular weight is 257 g/mol. The van der Waals surface area contributed by atoms with E-state index >= 15 is 0 Å². The van der Waals surface area contributed by atoms with Gasteiger partial charge in [0.05, 0.1) is 0 Å². The molecule has 0 aliphatic heterocycles. The normalized spacial score (nSPS) is 24.1. The highest BCUT2D eigenvalue weighted by molar-refractivity contribution is 6.63. The predicted octanol–water partition coefficient (Wildman–Crippen LogP) is 4.92. The molecule has 2 fully saturated rings. The smallest absolute Gasteiger partial charge is 0.221 e. The molecule has 0 aromatic rings. The summed E-state index contributed by atoms with van der Waals surface area (Å²) < 4.78 is 0. The second-order valence-corrected chi connectivity index (χ2v) is 6.44. The van der Waals surface area contributed by atoms with Gasteiger partial charge in [-0.25, -0.2) is 0 Å². The van der Waals surface area contributed by atoms with Gasteiger partial charge >= 0.3 is 0 Å². The Hall–Kier alpha value is -0.0400. The minimum absolute atomic E-state index is 0.105. The maximum atomic E-state index is 11.3. The Morgan fingerprint density at radius 1 is 0.882 bits per heavy atom. The van der Waals surface area contributed by atoms with Crippen LogP contribution in [0.3, 0.4) is 0 Å². The minimum Gasteiger partial charge on any atom is -0.281 e. The summed E-state index contributed by atoms with van der Waals surface area (Å²) in [6.07, 6.45) is 14.2. The zero-order chi connectivity index (χ0) is 12.1. The average Bonchev–Trinajstić information content (AvgIpc) is 2.38. The van der Waals surface area contributed by atoms with E-state index in [1.54, 1.807) is 0 Å². The van der Waals surface area contributed by atoms with E-state index < -0.39 is 0 Å². The molecule has 0 atom stereocenters. The topological polar surface area (TPSA) is 17.1 Å². The highest BCUT2D eigenvalue weighted by Gasteiger charge is 2.32. The lowest BCUT2D eigenvalue weighted by atomic mass is 9.68. The molecule has 0 aromatic carbocycles. The second-order valence-electron chi connectivity index (χ2n) is 6.02. The third-order valence-corrected chi connectivity index (χ3v) is 5.06. The Labute approximate surface area is 110 Å². The Morgan fingerprint density at radius 2 is 1.29 bits per heavy atom. The molecule has 2 aliphatic rings. The first-order chi connectivity index (χ1) is 8.27. The molecule has 0 aromatic heterocycles. The maximum absolute atomic E-state index is 11.3. The van der Waals surface area contributed by atoms with E-state index in [0.29, 0.717) is 12.3 Å². The summed E-state index contributed by atoms with van der Waals surface area (Å²) >= 11 is 5.67. The minimum atomic E-state index is -0.105. The second kappa shape index (κ2) is 6.78. The van der Waals surface area contributed by atoms with E-state index in [0.717, 1.165) is 11.8 Å². The van der Waals surface area contributed by atoms with Gasteiger partial charge in [0.15, 0.2) is 0 Å². The van der Waals surface area contributed by atoms with E-state index in [2.05, 4.69) is 0 Å². The summed E-state index contributed by atoms with van der Waals surface area (Å²) in [5.41, 5.74) is 0. The maximum Gasteiger partial charge on any atom is 0.221 e. The van der Waals surface area contributed by atoms with Crippen LogP contribution >= 0.6 is 11.6 Å². The van der Waals surface area contributed by atoms with Crippen LogP contribution in [0.25, 0.3) is 0 Å². The van der Waals surface area contributed by atoms with Crippen molar-refractivity contribution < 1.29 is 4.79 Å². The van der Waals surface area contributed by atoms with E-state index in [-0.39, 0.29) is 5.24 Å². The van der Waals surface area contributed by atoms with Crippen LogP contribution in [0.5, 0.6) is 0 Å². The largest absolute Gasteiger partial charge is 0.281 e. The zero-order valence-corrected chi connectivity index (χ0v) is 11.6. The van der Waals surface area contributed by atoms with E-state index in [9.17, 15) is 4.79 Å². The van der Waals surface area contributed by atoms with Crippen molar-refractivity contribution in [3.8, 4) is 0 Å². The molecule has 2 saturated carbocycles. The van der Waals surface area contributed by atoms with Crippen LogP contribution in [0.1, 0.15) is 70.6 Å². The zero-order valence-electron chi connectivity index (χ0n) is 10.8. The van der Waals surface area contributed by atoms with Crippen molar-refractivity contribution in [2.45, 2.75) is 70.6 Å². The van der Waals surface area contributed by atoms with Gasteiger partial charge in [-0.2, -0.15) is 0 Å². The van der Waals surface area contributed by atoms with Crippen molar-refractivity contribution in [3.63, 3.8) is 0 Å². The molecular weight excluding hydrogens is 232 g/mol. The monoisotopic (exact) mass is 256 g/mol. The van der Waals surface area contributed by atoms with Gasteiger partial charge in [0.25, 0.3) is 0 Å². The van der Waals surface area contributed by atoms with Gasteiger partial charge in [-0.05, 0) is 29.4 Å². The first kappa shape index (κ1) is 13.4. The number of hydrogen-bond acceptors (Lipinski definition) is 1. The van der Waals surface area contributed by atoms with Crippen LogP contribution in [0.2, 0.25) is 0 Å². The Morgan fingerprint density at radius 3 is 1.65 bits per heavy atom.